The summed E-state index contributed by atoms with van der Waals surface area (Å²) in [6.45, 7) is 7.61. The van der Waals surface area contributed by atoms with Crippen LogP contribution in [-0.2, 0) is 16.0 Å². The van der Waals surface area contributed by atoms with Gasteiger partial charge in [-0.15, -0.1) is 0 Å². The maximum absolute atomic E-state index is 12.1. The first kappa shape index (κ1) is 19.1. The van der Waals surface area contributed by atoms with E-state index in [0.29, 0.717) is 6.42 Å². The van der Waals surface area contributed by atoms with E-state index in [-0.39, 0.29) is 5.91 Å². The molecular formula is C20H32N4O2. The lowest BCUT2D eigenvalue weighted by Crippen LogP contribution is -2.36. The Hall–Kier alpha value is -1.66. The number of amides is 1. The molecule has 144 valence electrons. The number of aryl methyl sites for hydroxylation is 1. The summed E-state index contributed by atoms with van der Waals surface area (Å²) in [5.74, 6) is 1.14. The number of ether oxygens (including phenoxy) is 1. The van der Waals surface area contributed by atoms with Crippen LogP contribution in [0, 0.1) is 0 Å². The molecule has 1 amide bonds. The SMILES string of the molecule is O=C(CCc1ccnc(N2CCOCC2)c1)NCCCN1CCCCC1. The summed E-state index contributed by atoms with van der Waals surface area (Å²) >= 11 is 0. The number of piperidine rings is 1. The predicted molar refractivity (Wildman–Crippen MR) is 104 cm³/mol. The first-order valence-corrected chi connectivity index (χ1v) is 10.1. The zero-order chi connectivity index (χ0) is 18.0. The Morgan fingerprint density at radius 2 is 1.96 bits per heavy atom. The summed E-state index contributed by atoms with van der Waals surface area (Å²) in [6, 6.07) is 4.11. The van der Waals surface area contributed by atoms with Crippen LogP contribution in [0.5, 0.6) is 0 Å². The molecule has 0 saturated carbocycles. The summed E-state index contributed by atoms with van der Waals surface area (Å²) in [5.41, 5.74) is 1.17. The van der Waals surface area contributed by atoms with Gasteiger partial charge in [-0.1, -0.05) is 6.42 Å². The molecule has 2 saturated heterocycles. The Kier molecular flexibility index (Phi) is 7.70. The molecule has 2 fully saturated rings. The molecule has 1 aromatic rings. The van der Waals surface area contributed by atoms with Gasteiger partial charge in [-0.25, -0.2) is 4.98 Å². The zero-order valence-electron chi connectivity index (χ0n) is 15.8. The number of hydrogen-bond acceptors (Lipinski definition) is 5. The standard InChI is InChI=1S/C20H32N4O2/c25-20(22-8-4-12-23-10-2-1-3-11-23)6-5-18-7-9-21-19(17-18)24-13-15-26-16-14-24/h7,9,17H,1-6,8,10-16H2,(H,22,25). The highest BCUT2D eigenvalue weighted by Crippen LogP contribution is 2.15. The summed E-state index contributed by atoms with van der Waals surface area (Å²) < 4.78 is 5.39. The van der Waals surface area contributed by atoms with E-state index in [9.17, 15) is 4.79 Å². The van der Waals surface area contributed by atoms with Crippen molar-refractivity contribution in [1.82, 2.24) is 15.2 Å². The van der Waals surface area contributed by atoms with E-state index in [4.69, 9.17) is 4.74 Å². The molecule has 1 N–H and O–H groups in total. The van der Waals surface area contributed by atoms with Crippen molar-refractivity contribution in [3.05, 3.63) is 23.9 Å². The van der Waals surface area contributed by atoms with Gasteiger partial charge in [0.25, 0.3) is 0 Å². The van der Waals surface area contributed by atoms with Crippen molar-refractivity contribution in [2.75, 3.05) is 57.4 Å². The second kappa shape index (κ2) is 10.5. The van der Waals surface area contributed by atoms with Crippen molar-refractivity contribution >= 4 is 11.7 Å². The van der Waals surface area contributed by atoms with Gasteiger partial charge in [-0.3, -0.25) is 4.79 Å². The smallest absolute Gasteiger partial charge is 0.220 e. The molecule has 0 atom stereocenters. The molecule has 3 rings (SSSR count). The lowest BCUT2D eigenvalue weighted by Gasteiger charge is -2.28. The summed E-state index contributed by atoms with van der Waals surface area (Å²) in [4.78, 5) is 21.3. The number of carbonyl (C=O) groups excluding carboxylic acids is 1. The monoisotopic (exact) mass is 360 g/mol. The number of rotatable bonds is 8. The van der Waals surface area contributed by atoms with Gasteiger partial charge in [0.1, 0.15) is 5.82 Å². The Balaban J connectivity index is 1.33. The van der Waals surface area contributed by atoms with Crippen molar-refractivity contribution in [3.63, 3.8) is 0 Å². The lowest BCUT2D eigenvalue weighted by atomic mass is 10.1. The minimum absolute atomic E-state index is 0.147. The van der Waals surface area contributed by atoms with Crippen LogP contribution in [0.1, 0.15) is 37.7 Å². The van der Waals surface area contributed by atoms with Crippen LogP contribution in [0.15, 0.2) is 18.3 Å². The third kappa shape index (κ3) is 6.25. The van der Waals surface area contributed by atoms with Gasteiger partial charge >= 0.3 is 0 Å². The quantitative estimate of drug-likeness (QED) is 0.717. The molecule has 0 unspecified atom stereocenters. The van der Waals surface area contributed by atoms with Crippen LogP contribution >= 0.6 is 0 Å². The number of pyridine rings is 1. The number of carbonyl (C=O) groups is 1. The van der Waals surface area contributed by atoms with Crippen molar-refractivity contribution in [2.45, 2.75) is 38.5 Å². The molecule has 0 radical (unpaired) electrons. The summed E-state index contributed by atoms with van der Waals surface area (Å²) in [5, 5.41) is 3.06. The predicted octanol–water partition coefficient (Wildman–Crippen LogP) is 1.84. The number of morpholine rings is 1. The van der Waals surface area contributed by atoms with Gasteiger partial charge in [0, 0.05) is 32.3 Å². The molecule has 2 aliphatic heterocycles. The minimum Gasteiger partial charge on any atom is -0.378 e. The largest absolute Gasteiger partial charge is 0.378 e. The van der Waals surface area contributed by atoms with Crippen LogP contribution in [-0.4, -0.2) is 68.3 Å². The van der Waals surface area contributed by atoms with Crippen LogP contribution in [0.2, 0.25) is 0 Å². The molecule has 26 heavy (non-hydrogen) atoms. The topological polar surface area (TPSA) is 57.7 Å². The van der Waals surface area contributed by atoms with Crippen LogP contribution in [0.3, 0.4) is 0 Å². The number of anilines is 1. The van der Waals surface area contributed by atoms with Gasteiger partial charge in [0.05, 0.1) is 13.2 Å². The van der Waals surface area contributed by atoms with Crippen molar-refractivity contribution in [2.24, 2.45) is 0 Å². The Morgan fingerprint density at radius 3 is 2.77 bits per heavy atom. The second-order valence-electron chi connectivity index (χ2n) is 7.23. The first-order valence-electron chi connectivity index (χ1n) is 10.1. The molecule has 6 heteroatoms. The van der Waals surface area contributed by atoms with Gasteiger partial charge < -0.3 is 19.9 Å². The highest BCUT2D eigenvalue weighted by atomic mass is 16.5. The number of aromatic nitrogens is 1. The number of nitrogens with zero attached hydrogens (tertiary/aromatic N) is 3. The van der Waals surface area contributed by atoms with Gasteiger partial charge in [-0.2, -0.15) is 0 Å². The lowest BCUT2D eigenvalue weighted by molar-refractivity contribution is -0.121. The van der Waals surface area contributed by atoms with Crippen LogP contribution in [0.25, 0.3) is 0 Å². The average molecular weight is 361 g/mol. The van der Waals surface area contributed by atoms with Crippen molar-refractivity contribution in [1.29, 1.82) is 0 Å². The highest BCUT2D eigenvalue weighted by Gasteiger charge is 2.13. The fraction of sp³-hybridized carbons (Fsp3) is 0.700. The summed E-state index contributed by atoms with van der Waals surface area (Å²) in [7, 11) is 0. The van der Waals surface area contributed by atoms with E-state index in [1.165, 1.54) is 37.9 Å². The Morgan fingerprint density at radius 1 is 1.15 bits per heavy atom. The summed E-state index contributed by atoms with van der Waals surface area (Å²) in [6.07, 6.45) is 8.21. The molecule has 0 spiro atoms. The maximum Gasteiger partial charge on any atom is 0.220 e. The van der Waals surface area contributed by atoms with Gasteiger partial charge in [-0.05, 0) is 63.0 Å². The van der Waals surface area contributed by atoms with E-state index in [1.807, 2.05) is 12.3 Å². The Bertz CT molecular complexity index is 554. The average Bonchev–Trinajstić information content (AvgIpc) is 2.71. The Labute approximate surface area is 156 Å². The molecule has 0 aromatic carbocycles. The molecule has 1 aromatic heterocycles. The van der Waals surface area contributed by atoms with Gasteiger partial charge in [0.15, 0.2) is 0 Å². The van der Waals surface area contributed by atoms with E-state index >= 15 is 0 Å². The maximum atomic E-state index is 12.1. The van der Waals surface area contributed by atoms with E-state index < -0.39 is 0 Å². The molecule has 2 aliphatic rings. The van der Waals surface area contributed by atoms with Crippen molar-refractivity contribution < 1.29 is 9.53 Å². The third-order valence-corrected chi connectivity index (χ3v) is 5.21. The number of nitrogens with one attached hydrogen (secondary N) is 1. The van der Waals surface area contributed by atoms with Crippen LogP contribution < -0.4 is 10.2 Å². The van der Waals surface area contributed by atoms with E-state index in [1.54, 1.807) is 0 Å². The molecular weight excluding hydrogens is 328 g/mol. The molecule has 3 heterocycles. The minimum atomic E-state index is 0.147. The van der Waals surface area contributed by atoms with Gasteiger partial charge in [0.2, 0.25) is 5.91 Å². The zero-order valence-corrected chi connectivity index (χ0v) is 15.8. The van der Waals surface area contributed by atoms with Crippen molar-refractivity contribution in [3.8, 4) is 0 Å². The number of likely N-dealkylation sites (tertiary alicyclic amines) is 1. The van der Waals surface area contributed by atoms with Crippen LogP contribution in [0.4, 0.5) is 5.82 Å². The molecule has 0 bridgehead atoms. The fourth-order valence-electron chi connectivity index (χ4n) is 3.64. The third-order valence-electron chi connectivity index (χ3n) is 5.21. The second-order valence-corrected chi connectivity index (χ2v) is 7.23. The van der Waals surface area contributed by atoms with E-state index in [2.05, 4.69) is 26.2 Å². The first-order chi connectivity index (χ1) is 12.8. The molecule has 6 nitrogen and oxygen atoms in total. The fourth-order valence-corrected chi connectivity index (χ4v) is 3.64. The highest BCUT2D eigenvalue weighted by molar-refractivity contribution is 5.76. The molecule has 0 aliphatic carbocycles. The van der Waals surface area contributed by atoms with E-state index in [0.717, 1.165) is 58.1 Å². The number of hydrogen-bond donors (Lipinski definition) is 1. The normalized spacial score (nSPS) is 18.7.